The van der Waals surface area contributed by atoms with Crippen molar-refractivity contribution >= 4 is 17.0 Å². The minimum absolute atomic E-state index is 0.145. The second kappa shape index (κ2) is 7.70. The normalized spacial score (nSPS) is 17.5. The molecule has 1 aliphatic heterocycles. The fourth-order valence-electron chi connectivity index (χ4n) is 3.61. The first-order valence-electron chi connectivity index (χ1n) is 9.17. The number of benzene rings is 2. The molecule has 0 aliphatic carbocycles. The Hall–Kier alpha value is -2.66. The number of hydrogen-bond donors (Lipinski definition) is 1. The van der Waals surface area contributed by atoms with Crippen molar-refractivity contribution in [2.45, 2.75) is 19.4 Å². The summed E-state index contributed by atoms with van der Waals surface area (Å²) in [4.78, 5) is 18.8. The summed E-state index contributed by atoms with van der Waals surface area (Å²) in [6.45, 7) is 3.38. The summed E-state index contributed by atoms with van der Waals surface area (Å²) in [5, 5.41) is 3.53. The Labute approximate surface area is 153 Å². The highest BCUT2D eigenvalue weighted by molar-refractivity contribution is 5.94. The number of hydrogen-bond acceptors (Lipinski definition) is 4. The zero-order chi connectivity index (χ0) is 17.8. The number of aromatic nitrogens is 1. The Bertz CT molecular complexity index is 875. The lowest BCUT2D eigenvalue weighted by atomic mass is 9.97. The molecule has 0 bridgehead atoms. The van der Waals surface area contributed by atoms with Crippen molar-refractivity contribution in [2.24, 2.45) is 5.92 Å². The van der Waals surface area contributed by atoms with Crippen LogP contribution in [0, 0.1) is 5.92 Å². The summed E-state index contributed by atoms with van der Waals surface area (Å²) in [5.74, 6) is 0.636. The van der Waals surface area contributed by atoms with E-state index in [4.69, 9.17) is 4.42 Å². The maximum atomic E-state index is 12.6. The molecule has 0 saturated carbocycles. The van der Waals surface area contributed by atoms with E-state index in [0.29, 0.717) is 5.92 Å². The zero-order valence-electron chi connectivity index (χ0n) is 14.7. The standard InChI is InChI=1S/C21H23N3O2/c25-21(18-6-2-1-3-7-18)24-10-4-5-17(14-24)13-22-12-16-8-9-19-20(11-16)26-15-23-19/h1-3,6-9,11,15,17,22H,4-5,10,12-14H2/t17-/m0/s1. The maximum Gasteiger partial charge on any atom is 0.253 e. The van der Waals surface area contributed by atoms with Crippen molar-refractivity contribution < 1.29 is 9.21 Å². The molecule has 1 fully saturated rings. The molecule has 1 saturated heterocycles. The third kappa shape index (κ3) is 3.78. The van der Waals surface area contributed by atoms with Crippen LogP contribution in [0.15, 0.2) is 59.3 Å². The van der Waals surface area contributed by atoms with E-state index in [1.54, 1.807) is 0 Å². The number of carbonyl (C=O) groups is 1. The van der Waals surface area contributed by atoms with E-state index in [-0.39, 0.29) is 5.91 Å². The fraction of sp³-hybridized carbons (Fsp3) is 0.333. The van der Waals surface area contributed by atoms with Crippen LogP contribution in [0.3, 0.4) is 0 Å². The minimum atomic E-state index is 0.145. The van der Waals surface area contributed by atoms with Gasteiger partial charge < -0.3 is 14.6 Å². The molecule has 5 nitrogen and oxygen atoms in total. The Kier molecular flexibility index (Phi) is 4.97. The molecule has 0 radical (unpaired) electrons. The van der Waals surface area contributed by atoms with Crippen molar-refractivity contribution in [2.75, 3.05) is 19.6 Å². The number of amides is 1. The van der Waals surface area contributed by atoms with Crippen LogP contribution in [0.4, 0.5) is 0 Å². The number of nitrogens with zero attached hydrogens (tertiary/aromatic N) is 2. The van der Waals surface area contributed by atoms with Gasteiger partial charge in [0.1, 0.15) is 5.52 Å². The molecule has 134 valence electrons. The van der Waals surface area contributed by atoms with E-state index in [0.717, 1.165) is 55.7 Å². The molecule has 1 aromatic heterocycles. The van der Waals surface area contributed by atoms with Gasteiger partial charge in [-0.05, 0) is 55.1 Å². The zero-order valence-corrected chi connectivity index (χ0v) is 14.7. The summed E-state index contributed by atoms with van der Waals surface area (Å²) >= 11 is 0. The lowest BCUT2D eigenvalue weighted by molar-refractivity contribution is 0.0673. The van der Waals surface area contributed by atoms with Crippen LogP contribution in [0.25, 0.3) is 11.1 Å². The van der Waals surface area contributed by atoms with E-state index >= 15 is 0 Å². The van der Waals surface area contributed by atoms with Gasteiger partial charge in [-0.2, -0.15) is 0 Å². The van der Waals surface area contributed by atoms with Gasteiger partial charge >= 0.3 is 0 Å². The number of likely N-dealkylation sites (tertiary alicyclic amines) is 1. The van der Waals surface area contributed by atoms with Crippen molar-refractivity contribution in [3.8, 4) is 0 Å². The number of nitrogens with one attached hydrogen (secondary N) is 1. The van der Waals surface area contributed by atoms with Gasteiger partial charge in [0.25, 0.3) is 5.91 Å². The van der Waals surface area contributed by atoms with Crippen molar-refractivity contribution in [3.63, 3.8) is 0 Å². The lowest BCUT2D eigenvalue weighted by Gasteiger charge is -2.33. The smallest absolute Gasteiger partial charge is 0.253 e. The monoisotopic (exact) mass is 349 g/mol. The first kappa shape index (κ1) is 16.8. The summed E-state index contributed by atoms with van der Waals surface area (Å²) in [7, 11) is 0. The molecular weight excluding hydrogens is 326 g/mol. The first-order valence-corrected chi connectivity index (χ1v) is 9.17. The Morgan fingerprint density at radius 2 is 2.12 bits per heavy atom. The molecule has 1 atom stereocenters. The number of piperidine rings is 1. The summed E-state index contributed by atoms with van der Waals surface area (Å²) in [6.07, 6.45) is 3.70. The van der Waals surface area contributed by atoms with Crippen molar-refractivity contribution in [1.29, 1.82) is 0 Å². The lowest BCUT2D eigenvalue weighted by Crippen LogP contribution is -2.42. The van der Waals surface area contributed by atoms with E-state index < -0.39 is 0 Å². The number of oxazole rings is 1. The highest BCUT2D eigenvalue weighted by Gasteiger charge is 2.24. The van der Waals surface area contributed by atoms with E-state index in [1.807, 2.05) is 47.4 Å². The molecule has 5 heteroatoms. The van der Waals surface area contributed by atoms with Gasteiger partial charge in [0.05, 0.1) is 0 Å². The average molecular weight is 349 g/mol. The summed E-state index contributed by atoms with van der Waals surface area (Å²) in [6, 6.07) is 15.6. The molecule has 0 unspecified atom stereocenters. The Morgan fingerprint density at radius 1 is 1.23 bits per heavy atom. The molecule has 4 rings (SSSR count). The van der Waals surface area contributed by atoms with Crippen LogP contribution in [-0.4, -0.2) is 35.4 Å². The van der Waals surface area contributed by atoms with Crippen LogP contribution in [0.2, 0.25) is 0 Å². The van der Waals surface area contributed by atoms with Gasteiger partial charge in [0, 0.05) is 25.2 Å². The topological polar surface area (TPSA) is 58.4 Å². The molecule has 2 aromatic carbocycles. The highest BCUT2D eigenvalue weighted by Crippen LogP contribution is 2.19. The third-order valence-electron chi connectivity index (χ3n) is 4.98. The van der Waals surface area contributed by atoms with E-state index in [9.17, 15) is 4.79 Å². The fourth-order valence-corrected chi connectivity index (χ4v) is 3.61. The van der Waals surface area contributed by atoms with Gasteiger partial charge in [-0.3, -0.25) is 4.79 Å². The second-order valence-corrected chi connectivity index (χ2v) is 6.91. The SMILES string of the molecule is O=C(c1ccccc1)N1CCC[C@@H](CNCc2ccc3ncoc3c2)C1. The van der Waals surface area contributed by atoms with Crippen LogP contribution >= 0.6 is 0 Å². The number of fused-ring (bicyclic) bond motifs is 1. The quantitative estimate of drug-likeness (QED) is 0.766. The van der Waals surface area contributed by atoms with Crippen molar-refractivity contribution in [1.82, 2.24) is 15.2 Å². The Balaban J connectivity index is 1.30. The minimum Gasteiger partial charge on any atom is -0.443 e. The molecule has 1 aliphatic rings. The molecule has 3 aromatic rings. The first-order chi connectivity index (χ1) is 12.8. The molecular formula is C21H23N3O2. The van der Waals surface area contributed by atoms with E-state index in [2.05, 4.69) is 16.4 Å². The van der Waals surface area contributed by atoms with Crippen LogP contribution in [0.1, 0.15) is 28.8 Å². The predicted molar refractivity (Wildman–Crippen MR) is 101 cm³/mol. The molecule has 1 N–H and O–H groups in total. The maximum absolute atomic E-state index is 12.6. The average Bonchev–Trinajstić information content (AvgIpc) is 3.16. The molecule has 0 spiro atoms. The second-order valence-electron chi connectivity index (χ2n) is 6.91. The predicted octanol–water partition coefficient (Wildman–Crippen LogP) is 3.47. The largest absolute Gasteiger partial charge is 0.443 e. The Morgan fingerprint density at radius 3 is 3.00 bits per heavy atom. The van der Waals surface area contributed by atoms with Crippen LogP contribution in [-0.2, 0) is 6.54 Å². The van der Waals surface area contributed by atoms with Gasteiger partial charge in [-0.15, -0.1) is 0 Å². The van der Waals surface area contributed by atoms with Crippen LogP contribution < -0.4 is 5.32 Å². The van der Waals surface area contributed by atoms with E-state index in [1.165, 1.54) is 12.0 Å². The molecule has 26 heavy (non-hydrogen) atoms. The summed E-state index contributed by atoms with van der Waals surface area (Å²) in [5.41, 5.74) is 3.67. The van der Waals surface area contributed by atoms with Crippen LogP contribution in [0.5, 0.6) is 0 Å². The van der Waals surface area contributed by atoms with Gasteiger partial charge in [-0.1, -0.05) is 24.3 Å². The third-order valence-corrected chi connectivity index (χ3v) is 4.98. The van der Waals surface area contributed by atoms with Crippen molar-refractivity contribution in [3.05, 3.63) is 66.1 Å². The van der Waals surface area contributed by atoms with Gasteiger partial charge in [0.15, 0.2) is 12.0 Å². The number of carbonyl (C=O) groups excluding carboxylic acids is 1. The highest BCUT2D eigenvalue weighted by atomic mass is 16.3. The molecule has 1 amide bonds. The number of rotatable bonds is 5. The van der Waals surface area contributed by atoms with Gasteiger partial charge in [0.2, 0.25) is 0 Å². The molecule has 2 heterocycles. The van der Waals surface area contributed by atoms with Gasteiger partial charge in [-0.25, -0.2) is 4.98 Å². The summed E-state index contributed by atoms with van der Waals surface area (Å²) < 4.78 is 5.35.